The first-order valence-corrected chi connectivity index (χ1v) is 22.1. The van der Waals surface area contributed by atoms with Crippen molar-refractivity contribution >= 4 is 29.4 Å². The largest absolute Gasteiger partial charge is 0.481 e. The van der Waals surface area contributed by atoms with E-state index in [1.807, 2.05) is 37.8 Å². The Morgan fingerprint density at radius 1 is 0.754 bits per heavy atom. The SMILES string of the molecule is C#C.C#C.C#C.C=CC.CC.CC1(C)C(c2ccc(C(=O)O)cc2)=CC[C@@]2(C)C1CC[C@@]1(C)C3CC[C@@]4(C(=O)NCCN(CCC(=O)O)CCC(=O)O)CCCC4[C@H]3CCC12. The van der Waals surface area contributed by atoms with Crippen molar-refractivity contribution in [3.63, 3.8) is 0 Å². The van der Waals surface area contributed by atoms with Crippen molar-refractivity contribution in [1.82, 2.24) is 10.2 Å². The Bertz CT molecular complexity index is 1670. The Balaban J connectivity index is 0.00000156. The van der Waals surface area contributed by atoms with Crippen molar-refractivity contribution in [2.24, 2.45) is 51.2 Å². The molecule has 5 aliphatic rings. The molecular weight excluding hydrogens is 765 g/mol. The van der Waals surface area contributed by atoms with Gasteiger partial charge in [0.25, 0.3) is 0 Å². The number of hydrogen-bond acceptors (Lipinski definition) is 5. The Morgan fingerprint density at radius 2 is 1.31 bits per heavy atom. The van der Waals surface area contributed by atoms with Crippen molar-refractivity contribution in [2.75, 3.05) is 26.2 Å². The molecule has 8 atom stereocenters. The number of aromatic carboxylic acids is 1. The fourth-order valence-corrected chi connectivity index (χ4v) is 12.8. The van der Waals surface area contributed by atoms with E-state index in [-0.39, 0.29) is 53.5 Å². The molecule has 4 N–H and O–H groups in total. The number of hydrogen-bond donors (Lipinski definition) is 4. The van der Waals surface area contributed by atoms with E-state index in [1.54, 1.807) is 18.2 Å². The molecule has 1 aromatic carbocycles. The summed E-state index contributed by atoms with van der Waals surface area (Å²) in [5.74, 6) is 0.141. The fourth-order valence-electron chi connectivity index (χ4n) is 12.8. The minimum absolute atomic E-state index is 0.0298. The molecule has 4 unspecified atom stereocenters. The summed E-state index contributed by atoms with van der Waals surface area (Å²) in [6.07, 6.45) is 39.1. The molecule has 4 fully saturated rings. The molecule has 0 spiro atoms. The molecule has 1 aromatic rings. The summed E-state index contributed by atoms with van der Waals surface area (Å²) < 4.78 is 0. The van der Waals surface area contributed by atoms with Gasteiger partial charge in [-0.2, -0.15) is 0 Å². The highest BCUT2D eigenvalue weighted by molar-refractivity contribution is 5.88. The Morgan fingerprint density at radius 3 is 1.84 bits per heavy atom. The van der Waals surface area contributed by atoms with E-state index in [1.165, 1.54) is 31.3 Å². The summed E-state index contributed by atoms with van der Waals surface area (Å²) >= 11 is 0. The van der Waals surface area contributed by atoms with Gasteiger partial charge in [0.05, 0.1) is 23.8 Å². The first-order chi connectivity index (χ1) is 29.0. The molecule has 6 rings (SSSR count). The van der Waals surface area contributed by atoms with Gasteiger partial charge in [-0.3, -0.25) is 14.4 Å². The second-order valence-electron chi connectivity index (χ2n) is 17.9. The smallest absolute Gasteiger partial charge is 0.335 e. The molecule has 0 aromatic heterocycles. The number of rotatable bonds is 12. The number of carbonyl (C=O) groups excluding carboxylic acids is 1. The minimum atomic E-state index is -0.914. The Labute approximate surface area is 368 Å². The van der Waals surface area contributed by atoms with Crippen LogP contribution < -0.4 is 5.32 Å². The molecule has 9 nitrogen and oxygen atoms in total. The van der Waals surface area contributed by atoms with Gasteiger partial charge in [0.2, 0.25) is 5.91 Å². The first kappa shape index (κ1) is 54.2. The second-order valence-corrected chi connectivity index (χ2v) is 17.9. The summed E-state index contributed by atoms with van der Waals surface area (Å²) in [5.41, 5.74) is 2.86. The highest BCUT2D eigenvalue weighted by Gasteiger charge is 2.66. The standard InChI is InChI=1S/C41H58N2O7.C3H6.C2H6.3C2H2/c1-38(2)29(26-7-9-27(10-8-26)36(48)49)13-19-40(4)32(38)15-20-39(3)30-14-21-41(18-5-6-31(41)28(30)11-12-33(39)40)37(50)42-22-25-43(23-16-34(44)45)24-17-35(46)47;1-3-2;4*1-2/h7-10,13,28,30-33H,5-6,11-12,14-25H2,1-4H3,(H,42,50)(H,44,45)(H,46,47)(H,48,49);3H,1H2,2H3;1-2H3;3*1-2H/t28-,30?,31?,32?,33?,39-,40-,41-;;;;;/m0...../s1. The van der Waals surface area contributed by atoms with Gasteiger partial charge in [0, 0.05) is 26.2 Å². The summed E-state index contributed by atoms with van der Waals surface area (Å²) in [6.45, 7) is 20.6. The Kier molecular flexibility index (Phi) is 21.9. The molecule has 0 heterocycles. The van der Waals surface area contributed by atoms with Crippen molar-refractivity contribution in [2.45, 2.75) is 126 Å². The summed E-state index contributed by atoms with van der Waals surface area (Å²) in [5, 5.41) is 31.0. The first-order valence-electron chi connectivity index (χ1n) is 22.1. The lowest BCUT2D eigenvalue weighted by molar-refractivity contribution is -0.181. The lowest BCUT2D eigenvalue weighted by Gasteiger charge is -2.68. The predicted molar refractivity (Wildman–Crippen MR) is 248 cm³/mol. The van der Waals surface area contributed by atoms with E-state index in [0.29, 0.717) is 48.2 Å². The quantitative estimate of drug-likeness (QED) is 0.120. The van der Waals surface area contributed by atoms with Crippen LogP contribution in [-0.2, 0) is 14.4 Å². The zero-order chi connectivity index (χ0) is 46.8. The monoisotopic (exact) mass is 841 g/mol. The van der Waals surface area contributed by atoms with E-state index < -0.39 is 17.9 Å². The third-order valence-electron chi connectivity index (χ3n) is 15.0. The molecule has 4 saturated carbocycles. The van der Waals surface area contributed by atoms with Gasteiger partial charge in [-0.25, -0.2) is 4.79 Å². The van der Waals surface area contributed by atoms with Crippen LogP contribution in [-0.4, -0.2) is 70.2 Å². The molecular formula is C52H76N2O7. The fraction of sp³-hybridized carbons (Fsp3) is 0.615. The van der Waals surface area contributed by atoms with Crippen LogP contribution in [0.4, 0.5) is 0 Å². The number of nitrogens with zero attached hydrogens (tertiary/aromatic N) is 1. The van der Waals surface area contributed by atoms with Crippen LogP contribution >= 0.6 is 0 Å². The van der Waals surface area contributed by atoms with E-state index in [4.69, 9.17) is 10.2 Å². The van der Waals surface area contributed by atoms with E-state index in [0.717, 1.165) is 44.1 Å². The maximum Gasteiger partial charge on any atom is 0.335 e. The molecule has 0 bridgehead atoms. The van der Waals surface area contributed by atoms with Crippen LogP contribution in [0.15, 0.2) is 43.0 Å². The van der Waals surface area contributed by atoms with Crippen LogP contribution in [0, 0.1) is 89.8 Å². The normalized spacial score (nSPS) is 29.5. The van der Waals surface area contributed by atoms with Gasteiger partial charge in [-0.05, 0) is 134 Å². The van der Waals surface area contributed by atoms with Crippen molar-refractivity contribution in [3.8, 4) is 38.5 Å². The maximum absolute atomic E-state index is 14.1. The topological polar surface area (TPSA) is 144 Å². The van der Waals surface area contributed by atoms with Crippen LogP contribution in [0.1, 0.15) is 141 Å². The highest BCUT2D eigenvalue weighted by atomic mass is 16.4. The molecule has 0 radical (unpaired) electrons. The van der Waals surface area contributed by atoms with Gasteiger partial charge in [-0.1, -0.05) is 72.2 Å². The zero-order valence-corrected chi connectivity index (χ0v) is 38.3. The molecule has 5 aliphatic carbocycles. The molecule has 336 valence electrons. The van der Waals surface area contributed by atoms with Crippen molar-refractivity contribution in [3.05, 3.63) is 54.1 Å². The van der Waals surface area contributed by atoms with Crippen molar-refractivity contribution < 1.29 is 34.5 Å². The average molecular weight is 841 g/mol. The molecule has 1 amide bonds. The van der Waals surface area contributed by atoms with Gasteiger partial charge in [0.15, 0.2) is 0 Å². The molecule has 9 heteroatoms. The summed E-state index contributed by atoms with van der Waals surface area (Å²) in [4.78, 5) is 49.8. The van der Waals surface area contributed by atoms with E-state index in [2.05, 4.69) is 84.2 Å². The third-order valence-corrected chi connectivity index (χ3v) is 15.0. The second kappa shape index (κ2) is 24.6. The summed E-state index contributed by atoms with van der Waals surface area (Å²) in [6, 6.07) is 7.43. The highest BCUT2D eigenvalue weighted by Crippen LogP contribution is 2.73. The maximum atomic E-state index is 14.1. The van der Waals surface area contributed by atoms with Crippen LogP contribution in [0.5, 0.6) is 0 Å². The van der Waals surface area contributed by atoms with E-state index in [9.17, 15) is 24.3 Å². The van der Waals surface area contributed by atoms with Gasteiger partial charge >= 0.3 is 17.9 Å². The third kappa shape index (κ3) is 11.8. The number of carboxylic acids is 3. The van der Waals surface area contributed by atoms with Gasteiger partial charge < -0.3 is 25.5 Å². The molecule has 0 saturated heterocycles. The molecule has 61 heavy (non-hydrogen) atoms. The summed E-state index contributed by atoms with van der Waals surface area (Å²) in [7, 11) is 0. The number of nitrogens with one attached hydrogen (secondary N) is 1. The van der Waals surface area contributed by atoms with Crippen LogP contribution in [0.3, 0.4) is 0 Å². The van der Waals surface area contributed by atoms with E-state index >= 15 is 0 Å². The van der Waals surface area contributed by atoms with Crippen LogP contribution in [0.25, 0.3) is 5.57 Å². The number of aliphatic carboxylic acids is 2. The van der Waals surface area contributed by atoms with Gasteiger partial charge in [-0.15, -0.1) is 45.1 Å². The lowest BCUT2D eigenvalue weighted by Crippen LogP contribution is -2.62. The number of amides is 1. The van der Waals surface area contributed by atoms with Crippen molar-refractivity contribution in [1.29, 1.82) is 0 Å². The Hall–Kier alpha value is -4.78. The number of carbonyl (C=O) groups is 4. The predicted octanol–water partition coefficient (Wildman–Crippen LogP) is 10.2. The number of benzene rings is 1. The average Bonchev–Trinajstić information content (AvgIpc) is 3.71. The zero-order valence-electron chi connectivity index (χ0n) is 38.3. The number of fused-ring (bicyclic) bond motifs is 7. The molecule has 0 aliphatic heterocycles. The van der Waals surface area contributed by atoms with Gasteiger partial charge in [0.1, 0.15) is 0 Å². The number of terminal acetylenes is 3. The lowest BCUT2D eigenvalue weighted by atomic mass is 9.36. The van der Waals surface area contributed by atoms with Crippen LogP contribution in [0.2, 0.25) is 0 Å². The minimum Gasteiger partial charge on any atom is -0.481 e. The number of allylic oxidation sites excluding steroid dienone is 3. The number of carboxylic acid groups (broad SMARTS) is 3.